The Hall–Kier alpha value is -1.04. The lowest BCUT2D eigenvalue weighted by atomic mass is 10.1. The fourth-order valence-electron chi connectivity index (χ4n) is 1.59. The molecule has 0 aliphatic carbocycles. The van der Waals surface area contributed by atoms with Gasteiger partial charge in [0.1, 0.15) is 6.33 Å². The third-order valence-electron chi connectivity index (χ3n) is 2.35. The summed E-state index contributed by atoms with van der Waals surface area (Å²) in [6.45, 7) is 4.25. The van der Waals surface area contributed by atoms with Crippen LogP contribution in [0.5, 0.6) is 0 Å². The van der Waals surface area contributed by atoms with Gasteiger partial charge in [0.05, 0.1) is 5.75 Å². The summed E-state index contributed by atoms with van der Waals surface area (Å²) in [5.74, 6) is -0.801. The minimum absolute atomic E-state index is 0.0290. The minimum Gasteiger partial charge on any atom is -0.481 e. The third-order valence-corrected chi connectivity index (χ3v) is 3.29. The van der Waals surface area contributed by atoms with Crippen molar-refractivity contribution >= 4 is 17.7 Å². The van der Waals surface area contributed by atoms with E-state index in [1.807, 2.05) is 4.57 Å². The SMILES string of the molecule is CCCC(CC)n1cnnc1SCC(=O)O. The number of aromatic nitrogens is 3. The van der Waals surface area contributed by atoms with Crippen LogP contribution in [0.3, 0.4) is 0 Å². The molecular formula is C10H17N3O2S. The van der Waals surface area contributed by atoms with Crippen LogP contribution in [0.1, 0.15) is 39.2 Å². The van der Waals surface area contributed by atoms with E-state index in [-0.39, 0.29) is 5.75 Å². The zero-order valence-corrected chi connectivity index (χ0v) is 10.4. The normalized spacial score (nSPS) is 12.6. The van der Waals surface area contributed by atoms with Crippen LogP contribution in [0, 0.1) is 0 Å². The first-order valence-corrected chi connectivity index (χ1v) is 6.41. The molecule has 0 spiro atoms. The van der Waals surface area contributed by atoms with Crippen molar-refractivity contribution < 1.29 is 9.90 Å². The smallest absolute Gasteiger partial charge is 0.313 e. The summed E-state index contributed by atoms with van der Waals surface area (Å²) in [5.41, 5.74) is 0. The summed E-state index contributed by atoms with van der Waals surface area (Å²) in [4.78, 5) is 10.5. The van der Waals surface area contributed by atoms with Gasteiger partial charge >= 0.3 is 5.97 Å². The number of hydrogen-bond acceptors (Lipinski definition) is 4. The maximum absolute atomic E-state index is 10.5. The van der Waals surface area contributed by atoms with E-state index in [9.17, 15) is 4.79 Å². The first-order chi connectivity index (χ1) is 7.69. The molecule has 1 rings (SSSR count). The van der Waals surface area contributed by atoms with Gasteiger partial charge in [0, 0.05) is 6.04 Å². The molecule has 1 atom stereocenters. The first kappa shape index (κ1) is 13.0. The molecule has 1 heterocycles. The topological polar surface area (TPSA) is 68.0 Å². The van der Waals surface area contributed by atoms with Crippen molar-refractivity contribution in [2.75, 3.05) is 5.75 Å². The molecule has 0 aromatic carbocycles. The van der Waals surface area contributed by atoms with Gasteiger partial charge in [-0.1, -0.05) is 32.0 Å². The fourth-order valence-corrected chi connectivity index (χ4v) is 2.29. The molecular weight excluding hydrogens is 226 g/mol. The fraction of sp³-hybridized carbons (Fsp3) is 0.700. The van der Waals surface area contributed by atoms with Crippen LogP contribution in [-0.4, -0.2) is 31.6 Å². The minimum atomic E-state index is -0.830. The van der Waals surface area contributed by atoms with E-state index in [1.165, 1.54) is 11.8 Å². The van der Waals surface area contributed by atoms with Crippen molar-refractivity contribution in [3.63, 3.8) is 0 Å². The summed E-state index contributed by atoms with van der Waals surface area (Å²) in [5, 5.41) is 17.1. The Morgan fingerprint density at radius 3 is 2.94 bits per heavy atom. The molecule has 0 radical (unpaired) electrons. The molecule has 0 saturated heterocycles. The Labute approximate surface area is 99.3 Å². The van der Waals surface area contributed by atoms with Crippen molar-refractivity contribution in [3.8, 4) is 0 Å². The number of rotatable bonds is 7. The lowest BCUT2D eigenvalue weighted by molar-refractivity contribution is -0.133. The average molecular weight is 243 g/mol. The highest BCUT2D eigenvalue weighted by Crippen LogP contribution is 2.24. The standard InChI is InChI=1S/C10H17N3O2S/c1-3-5-8(4-2)13-7-11-12-10(13)16-6-9(14)15/h7-8H,3-6H2,1-2H3,(H,14,15). The second-order valence-corrected chi connectivity index (χ2v) is 4.50. The van der Waals surface area contributed by atoms with Crippen LogP contribution in [0.15, 0.2) is 11.5 Å². The van der Waals surface area contributed by atoms with Crippen LogP contribution in [0.4, 0.5) is 0 Å². The predicted molar refractivity (Wildman–Crippen MR) is 62.6 cm³/mol. The maximum Gasteiger partial charge on any atom is 0.313 e. The number of aliphatic carboxylic acids is 1. The Morgan fingerprint density at radius 1 is 1.62 bits per heavy atom. The molecule has 0 bridgehead atoms. The lowest BCUT2D eigenvalue weighted by Crippen LogP contribution is -2.09. The molecule has 1 aromatic heterocycles. The Bertz CT molecular complexity index is 341. The number of carbonyl (C=O) groups is 1. The van der Waals surface area contributed by atoms with Crippen LogP contribution >= 0.6 is 11.8 Å². The Balaban J connectivity index is 2.71. The Kier molecular flexibility index (Phi) is 5.31. The second-order valence-electron chi connectivity index (χ2n) is 3.55. The number of carboxylic acid groups (broad SMARTS) is 1. The highest BCUT2D eigenvalue weighted by Gasteiger charge is 2.14. The second kappa shape index (κ2) is 6.52. The van der Waals surface area contributed by atoms with Crippen molar-refractivity contribution in [2.45, 2.75) is 44.3 Å². The van der Waals surface area contributed by atoms with Gasteiger partial charge in [-0.3, -0.25) is 4.79 Å². The van der Waals surface area contributed by atoms with Crippen LogP contribution in [-0.2, 0) is 4.79 Å². The van der Waals surface area contributed by atoms with E-state index in [2.05, 4.69) is 24.0 Å². The zero-order chi connectivity index (χ0) is 12.0. The van der Waals surface area contributed by atoms with Crippen molar-refractivity contribution in [2.24, 2.45) is 0 Å². The van der Waals surface area contributed by atoms with Gasteiger partial charge in [0.15, 0.2) is 5.16 Å². The third kappa shape index (κ3) is 3.52. The molecule has 0 aliphatic heterocycles. The molecule has 1 N–H and O–H groups in total. The highest BCUT2D eigenvalue weighted by atomic mass is 32.2. The number of hydrogen-bond donors (Lipinski definition) is 1. The van der Waals surface area contributed by atoms with Gasteiger partial charge in [0.25, 0.3) is 0 Å². The molecule has 0 amide bonds. The van der Waals surface area contributed by atoms with Crippen molar-refractivity contribution in [1.82, 2.24) is 14.8 Å². The van der Waals surface area contributed by atoms with E-state index in [0.717, 1.165) is 19.3 Å². The van der Waals surface area contributed by atoms with E-state index in [1.54, 1.807) is 6.33 Å². The molecule has 0 aliphatic rings. The summed E-state index contributed by atoms with van der Waals surface area (Å²) < 4.78 is 1.98. The maximum atomic E-state index is 10.5. The van der Waals surface area contributed by atoms with Gasteiger partial charge < -0.3 is 9.67 Å². The number of thioether (sulfide) groups is 1. The van der Waals surface area contributed by atoms with Gasteiger partial charge in [-0.25, -0.2) is 0 Å². The van der Waals surface area contributed by atoms with E-state index in [0.29, 0.717) is 11.2 Å². The summed E-state index contributed by atoms with van der Waals surface area (Å²) >= 11 is 1.22. The summed E-state index contributed by atoms with van der Waals surface area (Å²) in [6, 6.07) is 0.372. The summed E-state index contributed by atoms with van der Waals surface area (Å²) in [7, 11) is 0. The lowest BCUT2D eigenvalue weighted by Gasteiger charge is -2.16. The van der Waals surface area contributed by atoms with Crippen molar-refractivity contribution in [3.05, 3.63) is 6.33 Å². The Morgan fingerprint density at radius 2 is 2.38 bits per heavy atom. The average Bonchev–Trinajstić information content (AvgIpc) is 2.71. The molecule has 6 heteroatoms. The quantitative estimate of drug-likeness (QED) is 0.744. The van der Waals surface area contributed by atoms with Crippen LogP contribution < -0.4 is 0 Å². The molecule has 5 nitrogen and oxygen atoms in total. The van der Waals surface area contributed by atoms with Gasteiger partial charge in [0.2, 0.25) is 0 Å². The van der Waals surface area contributed by atoms with Gasteiger partial charge in [-0.2, -0.15) is 0 Å². The monoisotopic (exact) mass is 243 g/mol. The van der Waals surface area contributed by atoms with E-state index >= 15 is 0 Å². The first-order valence-electron chi connectivity index (χ1n) is 5.43. The molecule has 0 saturated carbocycles. The molecule has 0 fully saturated rings. The van der Waals surface area contributed by atoms with Crippen LogP contribution in [0.2, 0.25) is 0 Å². The van der Waals surface area contributed by atoms with E-state index in [4.69, 9.17) is 5.11 Å². The number of nitrogens with zero attached hydrogens (tertiary/aromatic N) is 3. The predicted octanol–water partition coefficient (Wildman–Crippen LogP) is 2.21. The largest absolute Gasteiger partial charge is 0.481 e. The molecule has 90 valence electrons. The van der Waals surface area contributed by atoms with E-state index < -0.39 is 5.97 Å². The zero-order valence-electron chi connectivity index (χ0n) is 9.59. The van der Waals surface area contributed by atoms with Crippen molar-refractivity contribution in [1.29, 1.82) is 0 Å². The van der Waals surface area contributed by atoms with Crippen LogP contribution in [0.25, 0.3) is 0 Å². The number of carboxylic acids is 1. The van der Waals surface area contributed by atoms with Gasteiger partial charge in [-0.05, 0) is 12.8 Å². The highest BCUT2D eigenvalue weighted by molar-refractivity contribution is 7.99. The summed E-state index contributed by atoms with van der Waals surface area (Å²) in [6.07, 6.45) is 4.86. The molecule has 1 unspecified atom stereocenters. The molecule has 16 heavy (non-hydrogen) atoms. The van der Waals surface area contributed by atoms with Gasteiger partial charge in [-0.15, -0.1) is 10.2 Å². The molecule has 1 aromatic rings.